The molecule has 3 rings (SSSR count). The van der Waals surface area contributed by atoms with Crippen LogP contribution in [0.5, 0.6) is 0 Å². The molecule has 0 aliphatic carbocycles. The highest BCUT2D eigenvalue weighted by atomic mass is 35.5. The van der Waals surface area contributed by atoms with Crippen molar-refractivity contribution in [3.05, 3.63) is 64.8 Å². The topological polar surface area (TPSA) is 34.0 Å². The Labute approximate surface area is 128 Å². The molecule has 0 unspecified atom stereocenters. The number of aryl methyl sites for hydroxylation is 2. The molecule has 0 atom stereocenters. The zero-order chi connectivity index (χ0) is 15.0. The van der Waals surface area contributed by atoms with Gasteiger partial charge in [0.15, 0.2) is 0 Å². The molecule has 3 nitrogen and oxygen atoms in total. The summed E-state index contributed by atoms with van der Waals surface area (Å²) >= 11 is 5.84. The Kier molecular flexibility index (Phi) is 3.43. The first kappa shape index (κ1) is 13.7. The number of hydrogen-bond donors (Lipinski definition) is 1. The van der Waals surface area contributed by atoms with Gasteiger partial charge in [-0.1, -0.05) is 23.2 Å². The van der Waals surface area contributed by atoms with Crippen molar-refractivity contribution >= 4 is 34.1 Å². The number of aromatic nitrogens is 1. The summed E-state index contributed by atoms with van der Waals surface area (Å²) in [5, 5.41) is 4.60. The van der Waals surface area contributed by atoms with Crippen molar-refractivity contribution in [3.63, 3.8) is 0 Å². The molecule has 4 heteroatoms. The molecule has 0 saturated heterocycles. The Balaban J connectivity index is 1.94. The monoisotopic (exact) mass is 298 g/mol. The summed E-state index contributed by atoms with van der Waals surface area (Å²) in [4.78, 5) is 12.4. The summed E-state index contributed by atoms with van der Waals surface area (Å²) in [6.45, 7) is 2.04. The van der Waals surface area contributed by atoms with Crippen LogP contribution in [-0.2, 0) is 7.05 Å². The number of rotatable bonds is 2. The molecule has 21 heavy (non-hydrogen) atoms. The minimum absolute atomic E-state index is 0.131. The van der Waals surface area contributed by atoms with Gasteiger partial charge in [-0.2, -0.15) is 0 Å². The molecule has 1 aromatic heterocycles. The molecule has 3 aromatic rings. The van der Waals surface area contributed by atoms with Gasteiger partial charge in [0.05, 0.1) is 0 Å². The molecule has 2 aromatic carbocycles. The van der Waals surface area contributed by atoms with Gasteiger partial charge in [-0.15, -0.1) is 0 Å². The van der Waals surface area contributed by atoms with Gasteiger partial charge >= 0.3 is 0 Å². The maximum Gasteiger partial charge on any atom is 0.272 e. The average Bonchev–Trinajstić information content (AvgIpc) is 2.78. The standard InChI is InChI=1S/C17H15ClN2O/c1-11-3-8-15-12(9-11)10-16(20(15)2)17(21)19-14-6-4-13(18)5-7-14/h3-10H,1-2H3,(H,19,21). The van der Waals surface area contributed by atoms with Crippen LogP contribution in [0.15, 0.2) is 48.5 Å². The minimum Gasteiger partial charge on any atom is -0.340 e. The normalized spacial score (nSPS) is 10.8. The molecule has 0 saturated carbocycles. The smallest absolute Gasteiger partial charge is 0.272 e. The van der Waals surface area contributed by atoms with Gasteiger partial charge in [0.2, 0.25) is 0 Å². The van der Waals surface area contributed by atoms with E-state index in [1.807, 2.05) is 36.7 Å². The van der Waals surface area contributed by atoms with Crippen LogP contribution in [0, 0.1) is 6.92 Å². The number of anilines is 1. The summed E-state index contributed by atoms with van der Waals surface area (Å²) in [5.74, 6) is -0.131. The highest BCUT2D eigenvalue weighted by Gasteiger charge is 2.13. The zero-order valence-electron chi connectivity index (χ0n) is 11.9. The maximum atomic E-state index is 12.4. The lowest BCUT2D eigenvalue weighted by Crippen LogP contribution is -2.15. The molecule has 1 amide bonds. The molecule has 1 heterocycles. The summed E-state index contributed by atoms with van der Waals surface area (Å²) in [5.41, 5.74) is 3.58. The number of carbonyl (C=O) groups is 1. The van der Waals surface area contributed by atoms with Crippen LogP contribution < -0.4 is 5.32 Å². The fraction of sp³-hybridized carbons (Fsp3) is 0.118. The van der Waals surface area contributed by atoms with Gasteiger partial charge < -0.3 is 9.88 Å². The number of fused-ring (bicyclic) bond motifs is 1. The van der Waals surface area contributed by atoms with E-state index in [1.165, 1.54) is 5.56 Å². The van der Waals surface area contributed by atoms with Gasteiger partial charge in [0, 0.05) is 28.7 Å². The summed E-state index contributed by atoms with van der Waals surface area (Å²) in [7, 11) is 1.90. The predicted octanol–water partition coefficient (Wildman–Crippen LogP) is 4.39. The SMILES string of the molecule is Cc1ccc2c(c1)cc(C(=O)Nc1ccc(Cl)cc1)n2C. The van der Waals surface area contributed by atoms with E-state index in [-0.39, 0.29) is 5.91 Å². The summed E-state index contributed by atoms with van der Waals surface area (Å²) in [6, 6.07) is 15.1. The molecule has 0 aliphatic heterocycles. The van der Waals surface area contributed by atoms with E-state index >= 15 is 0 Å². The van der Waals surface area contributed by atoms with Crippen molar-refractivity contribution in [1.82, 2.24) is 4.57 Å². The Morgan fingerprint density at radius 1 is 1.10 bits per heavy atom. The van der Waals surface area contributed by atoms with Crippen LogP contribution in [0.2, 0.25) is 5.02 Å². The van der Waals surface area contributed by atoms with Crippen molar-refractivity contribution in [2.45, 2.75) is 6.92 Å². The quantitative estimate of drug-likeness (QED) is 0.748. The van der Waals surface area contributed by atoms with Crippen LogP contribution in [-0.4, -0.2) is 10.5 Å². The van der Waals surface area contributed by atoms with Gasteiger partial charge in [0.1, 0.15) is 5.69 Å². The second kappa shape index (κ2) is 5.26. The van der Waals surface area contributed by atoms with Crippen LogP contribution in [0.3, 0.4) is 0 Å². The fourth-order valence-corrected chi connectivity index (χ4v) is 2.54. The van der Waals surface area contributed by atoms with Gasteiger partial charge in [-0.25, -0.2) is 0 Å². The molecule has 1 N–H and O–H groups in total. The van der Waals surface area contributed by atoms with E-state index in [4.69, 9.17) is 11.6 Å². The number of hydrogen-bond acceptors (Lipinski definition) is 1. The minimum atomic E-state index is -0.131. The third-order valence-corrected chi connectivity index (χ3v) is 3.78. The Hall–Kier alpha value is -2.26. The second-order valence-electron chi connectivity index (χ2n) is 5.11. The van der Waals surface area contributed by atoms with Crippen molar-refractivity contribution in [2.75, 3.05) is 5.32 Å². The average molecular weight is 299 g/mol. The maximum absolute atomic E-state index is 12.4. The van der Waals surface area contributed by atoms with Gasteiger partial charge in [-0.3, -0.25) is 4.79 Å². The van der Waals surface area contributed by atoms with Crippen molar-refractivity contribution < 1.29 is 4.79 Å². The van der Waals surface area contributed by atoms with E-state index in [1.54, 1.807) is 24.3 Å². The third-order valence-electron chi connectivity index (χ3n) is 3.53. The largest absolute Gasteiger partial charge is 0.340 e. The highest BCUT2D eigenvalue weighted by molar-refractivity contribution is 6.30. The van der Waals surface area contributed by atoms with Gasteiger partial charge in [0.25, 0.3) is 5.91 Å². The zero-order valence-corrected chi connectivity index (χ0v) is 12.6. The van der Waals surface area contributed by atoms with Gasteiger partial charge in [-0.05, 0) is 49.4 Å². The molecule has 0 spiro atoms. The first-order valence-electron chi connectivity index (χ1n) is 6.67. The summed E-state index contributed by atoms with van der Waals surface area (Å²) in [6.07, 6.45) is 0. The van der Waals surface area contributed by atoms with Crippen LogP contribution in [0.1, 0.15) is 16.1 Å². The van der Waals surface area contributed by atoms with E-state index in [9.17, 15) is 4.79 Å². The molecule has 0 bridgehead atoms. The van der Waals surface area contributed by atoms with Crippen molar-refractivity contribution in [3.8, 4) is 0 Å². The van der Waals surface area contributed by atoms with E-state index in [0.717, 1.165) is 16.6 Å². The van der Waals surface area contributed by atoms with E-state index in [0.29, 0.717) is 10.7 Å². The van der Waals surface area contributed by atoms with Crippen LogP contribution in [0.25, 0.3) is 10.9 Å². The Morgan fingerprint density at radius 3 is 2.52 bits per heavy atom. The van der Waals surface area contributed by atoms with E-state index in [2.05, 4.69) is 11.4 Å². The Morgan fingerprint density at radius 2 is 1.81 bits per heavy atom. The lowest BCUT2D eigenvalue weighted by molar-refractivity contribution is 0.102. The molecule has 0 fully saturated rings. The van der Waals surface area contributed by atoms with E-state index < -0.39 is 0 Å². The molecule has 0 radical (unpaired) electrons. The fourth-order valence-electron chi connectivity index (χ4n) is 2.42. The third kappa shape index (κ3) is 2.65. The van der Waals surface area contributed by atoms with Crippen molar-refractivity contribution in [2.24, 2.45) is 7.05 Å². The van der Waals surface area contributed by atoms with Crippen molar-refractivity contribution in [1.29, 1.82) is 0 Å². The lowest BCUT2D eigenvalue weighted by atomic mass is 10.2. The predicted molar refractivity (Wildman–Crippen MR) is 87.1 cm³/mol. The molecular formula is C17H15ClN2O. The number of nitrogens with zero attached hydrogens (tertiary/aromatic N) is 1. The lowest BCUT2D eigenvalue weighted by Gasteiger charge is -2.06. The molecule has 0 aliphatic rings. The number of amides is 1. The van der Waals surface area contributed by atoms with Crippen LogP contribution >= 0.6 is 11.6 Å². The highest BCUT2D eigenvalue weighted by Crippen LogP contribution is 2.21. The number of benzene rings is 2. The van der Waals surface area contributed by atoms with Crippen LogP contribution in [0.4, 0.5) is 5.69 Å². The Bertz CT molecular complexity index is 819. The molecular weight excluding hydrogens is 284 g/mol. The number of halogens is 1. The first-order chi connectivity index (χ1) is 10.0. The number of carbonyl (C=O) groups excluding carboxylic acids is 1. The first-order valence-corrected chi connectivity index (χ1v) is 7.05. The summed E-state index contributed by atoms with van der Waals surface area (Å²) < 4.78 is 1.90. The molecule has 106 valence electrons. The second-order valence-corrected chi connectivity index (χ2v) is 5.55. The number of nitrogens with one attached hydrogen (secondary N) is 1.